The predicted molar refractivity (Wildman–Crippen MR) is 60.0 cm³/mol. The number of rotatable bonds is 3. The highest BCUT2D eigenvalue weighted by atomic mass is 32.2. The molecule has 0 atom stereocenters. The first-order chi connectivity index (χ1) is 7.69. The molecule has 84 valence electrons. The number of oxazole rings is 1. The molecule has 5 nitrogen and oxygen atoms in total. The van der Waals surface area contributed by atoms with Gasteiger partial charge in [0.25, 0.3) is 5.22 Å². The lowest BCUT2D eigenvalue weighted by atomic mass is 10.4. The van der Waals surface area contributed by atoms with Gasteiger partial charge in [0.05, 0.1) is 23.8 Å². The number of nitrogens with zero attached hydrogens (tertiary/aromatic N) is 3. The molecule has 2 N–H and O–H groups in total. The summed E-state index contributed by atoms with van der Waals surface area (Å²) < 4.78 is 5.43. The van der Waals surface area contributed by atoms with Crippen LogP contribution in [0.25, 0.3) is 0 Å². The van der Waals surface area contributed by atoms with Crippen molar-refractivity contribution in [1.29, 1.82) is 0 Å². The van der Waals surface area contributed by atoms with Crippen molar-refractivity contribution in [2.24, 2.45) is 5.73 Å². The third-order valence-electron chi connectivity index (χ3n) is 2.09. The largest absolute Gasteiger partial charge is 0.436 e. The lowest BCUT2D eigenvalue weighted by Crippen LogP contribution is -1.99. The molecular weight excluding hydrogens is 224 g/mol. The molecule has 0 fully saturated rings. The third-order valence-corrected chi connectivity index (χ3v) is 2.86. The van der Waals surface area contributed by atoms with E-state index in [0.29, 0.717) is 11.8 Å². The molecule has 2 aromatic rings. The summed E-state index contributed by atoms with van der Waals surface area (Å²) in [6.07, 6.45) is 3.33. The molecule has 0 spiro atoms. The van der Waals surface area contributed by atoms with Gasteiger partial charge in [0, 0.05) is 6.54 Å². The van der Waals surface area contributed by atoms with Crippen molar-refractivity contribution in [2.75, 3.05) is 0 Å². The summed E-state index contributed by atoms with van der Waals surface area (Å²) >= 11 is 1.35. The average molecular weight is 236 g/mol. The van der Waals surface area contributed by atoms with Crippen LogP contribution in [0.3, 0.4) is 0 Å². The zero-order chi connectivity index (χ0) is 11.5. The summed E-state index contributed by atoms with van der Waals surface area (Å²) in [5.74, 6) is 0.828. The van der Waals surface area contributed by atoms with Crippen LogP contribution in [0.5, 0.6) is 0 Å². The molecule has 0 aliphatic rings. The van der Waals surface area contributed by atoms with Gasteiger partial charge < -0.3 is 10.2 Å². The molecule has 2 rings (SSSR count). The van der Waals surface area contributed by atoms with Crippen LogP contribution in [0.15, 0.2) is 27.1 Å². The Bertz CT molecular complexity index is 461. The van der Waals surface area contributed by atoms with Gasteiger partial charge in [-0.2, -0.15) is 0 Å². The zero-order valence-electron chi connectivity index (χ0n) is 9.10. The Kier molecular flexibility index (Phi) is 3.21. The second-order valence-electron chi connectivity index (χ2n) is 3.27. The van der Waals surface area contributed by atoms with Gasteiger partial charge in [-0.1, -0.05) is 0 Å². The van der Waals surface area contributed by atoms with Gasteiger partial charge in [-0.3, -0.25) is 4.98 Å². The van der Waals surface area contributed by atoms with E-state index in [0.717, 1.165) is 22.2 Å². The van der Waals surface area contributed by atoms with Gasteiger partial charge in [0.15, 0.2) is 0 Å². The molecule has 6 heteroatoms. The van der Waals surface area contributed by atoms with Gasteiger partial charge in [-0.25, -0.2) is 9.97 Å². The molecule has 0 saturated carbocycles. The van der Waals surface area contributed by atoms with E-state index in [4.69, 9.17) is 10.2 Å². The van der Waals surface area contributed by atoms with E-state index in [1.54, 1.807) is 12.4 Å². The van der Waals surface area contributed by atoms with Crippen LogP contribution in [0.1, 0.15) is 17.1 Å². The Labute approximate surface area is 97.5 Å². The van der Waals surface area contributed by atoms with Gasteiger partial charge in [-0.15, -0.1) is 0 Å². The van der Waals surface area contributed by atoms with Crippen LogP contribution in [0.2, 0.25) is 0 Å². The summed E-state index contributed by atoms with van der Waals surface area (Å²) in [6.45, 7) is 4.19. The number of aryl methyl sites for hydroxylation is 2. The molecule has 16 heavy (non-hydrogen) atoms. The zero-order valence-corrected chi connectivity index (χ0v) is 9.91. The first-order valence-electron chi connectivity index (χ1n) is 4.82. The number of hydrogen-bond acceptors (Lipinski definition) is 6. The Morgan fingerprint density at radius 3 is 2.62 bits per heavy atom. The third kappa shape index (κ3) is 2.40. The minimum atomic E-state index is 0.398. The van der Waals surface area contributed by atoms with E-state index in [2.05, 4.69) is 15.0 Å². The van der Waals surface area contributed by atoms with Crippen molar-refractivity contribution in [3.8, 4) is 0 Å². The van der Waals surface area contributed by atoms with Gasteiger partial charge in [0.1, 0.15) is 10.8 Å². The van der Waals surface area contributed by atoms with Crippen molar-refractivity contribution in [3.05, 3.63) is 29.5 Å². The van der Waals surface area contributed by atoms with Crippen molar-refractivity contribution >= 4 is 11.8 Å². The van der Waals surface area contributed by atoms with Gasteiger partial charge in [0.2, 0.25) is 0 Å². The molecule has 0 aromatic carbocycles. The van der Waals surface area contributed by atoms with Crippen LogP contribution in [0.4, 0.5) is 0 Å². The van der Waals surface area contributed by atoms with Gasteiger partial charge >= 0.3 is 0 Å². The topological polar surface area (TPSA) is 77.8 Å². The van der Waals surface area contributed by atoms with Crippen LogP contribution in [-0.2, 0) is 6.54 Å². The van der Waals surface area contributed by atoms with E-state index < -0.39 is 0 Å². The molecule has 2 heterocycles. The van der Waals surface area contributed by atoms with Crippen molar-refractivity contribution in [1.82, 2.24) is 15.0 Å². The normalized spacial score (nSPS) is 10.7. The Balaban J connectivity index is 2.14. The molecule has 0 unspecified atom stereocenters. The molecule has 0 saturated heterocycles. The SMILES string of the molecule is Cc1nc(Sc2cnc(CN)cn2)oc1C. The van der Waals surface area contributed by atoms with E-state index in [-0.39, 0.29) is 0 Å². The fourth-order valence-corrected chi connectivity index (χ4v) is 1.82. The summed E-state index contributed by atoms with van der Waals surface area (Å²) in [6, 6.07) is 0. The molecule has 0 aliphatic carbocycles. The first kappa shape index (κ1) is 11.1. The van der Waals surface area contributed by atoms with E-state index in [1.807, 2.05) is 13.8 Å². The van der Waals surface area contributed by atoms with Crippen molar-refractivity contribution in [3.63, 3.8) is 0 Å². The van der Waals surface area contributed by atoms with E-state index in [1.165, 1.54) is 11.8 Å². The fraction of sp³-hybridized carbons (Fsp3) is 0.300. The maximum atomic E-state index is 5.44. The first-order valence-corrected chi connectivity index (χ1v) is 5.63. The minimum Gasteiger partial charge on any atom is -0.436 e. The number of nitrogens with two attached hydrogens (primary N) is 1. The van der Waals surface area contributed by atoms with E-state index >= 15 is 0 Å². The smallest absolute Gasteiger partial charge is 0.262 e. The molecule has 0 amide bonds. The average Bonchev–Trinajstić information content (AvgIpc) is 2.59. The Hall–Kier alpha value is -1.40. The molecule has 2 aromatic heterocycles. The van der Waals surface area contributed by atoms with Crippen LogP contribution in [0, 0.1) is 13.8 Å². The van der Waals surface area contributed by atoms with Crippen molar-refractivity contribution < 1.29 is 4.42 Å². The standard InChI is InChI=1S/C10H12N4OS/c1-6-7(2)15-10(14-6)16-9-5-12-8(3-11)4-13-9/h4-5H,3,11H2,1-2H3. The highest BCUT2D eigenvalue weighted by Gasteiger charge is 2.08. The maximum Gasteiger partial charge on any atom is 0.262 e. The van der Waals surface area contributed by atoms with Gasteiger partial charge in [-0.05, 0) is 25.6 Å². The monoisotopic (exact) mass is 236 g/mol. The van der Waals surface area contributed by atoms with Crippen LogP contribution in [-0.4, -0.2) is 15.0 Å². The van der Waals surface area contributed by atoms with Crippen LogP contribution < -0.4 is 5.73 Å². The number of hydrogen-bond donors (Lipinski definition) is 1. The lowest BCUT2D eigenvalue weighted by Gasteiger charge is -1.97. The summed E-state index contributed by atoms with van der Waals surface area (Å²) in [5, 5.41) is 1.34. The quantitative estimate of drug-likeness (QED) is 0.873. The van der Waals surface area contributed by atoms with Crippen LogP contribution >= 0.6 is 11.8 Å². The summed E-state index contributed by atoms with van der Waals surface area (Å²) in [7, 11) is 0. The second kappa shape index (κ2) is 4.63. The number of aromatic nitrogens is 3. The van der Waals surface area contributed by atoms with Crippen molar-refractivity contribution in [2.45, 2.75) is 30.6 Å². The lowest BCUT2D eigenvalue weighted by molar-refractivity contribution is 0.431. The predicted octanol–water partition coefficient (Wildman–Crippen LogP) is 1.69. The maximum absolute atomic E-state index is 5.44. The molecule has 0 aliphatic heterocycles. The summed E-state index contributed by atoms with van der Waals surface area (Å²) in [4.78, 5) is 12.6. The minimum absolute atomic E-state index is 0.398. The highest BCUT2D eigenvalue weighted by molar-refractivity contribution is 7.99. The Morgan fingerprint density at radius 1 is 1.31 bits per heavy atom. The second-order valence-corrected chi connectivity index (χ2v) is 4.25. The van der Waals surface area contributed by atoms with E-state index in [9.17, 15) is 0 Å². The molecule has 0 bridgehead atoms. The summed E-state index contributed by atoms with van der Waals surface area (Å²) in [5.41, 5.74) is 7.10. The highest BCUT2D eigenvalue weighted by Crippen LogP contribution is 2.26. The Morgan fingerprint density at radius 2 is 2.12 bits per heavy atom. The molecular formula is C10H12N4OS. The fourth-order valence-electron chi connectivity index (χ4n) is 1.08. The molecule has 0 radical (unpaired) electrons.